The van der Waals surface area contributed by atoms with Crippen LogP contribution in [0.2, 0.25) is 0 Å². The van der Waals surface area contributed by atoms with E-state index in [2.05, 4.69) is 42.5 Å². The van der Waals surface area contributed by atoms with Crippen LogP contribution in [-0.2, 0) is 10.2 Å². The van der Waals surface area contributed by atoms with Crippen LogP contribution in [0.25, 0.3) is 6.08 Å². The van der Waals surface area contributed by atoms with Gasteiger partial charge in [-0.1, -0.05) is 36.4 Å². The van der Waals surface area contributed by atoms with Gasteiger partial charge in [0.25, 0.3) is 0 Å². The largest absolute Gasteiger partial charge is 0.497 e. The maximum absolute atomic E-state index is 9.82. The van der Waals surface area contributed by atoms with Crippen LogP contribution in [0.4, 0.5) is 0 Å². The highest BCUT2D eigenvalue weighted by Crippen LogP contribution is 2.68. The van der Waals surface area contributed by atoms with Gasteiger partial charge in [0, 0.05) is 22.8 Å². The monoisotopic (exact) mass is 329 g/mol. The highest BCUT2D eigenvalue weighted by Gasteiger charge is 2.68. The number of benzene rings is 2. The third-order valence-electron chi connectivity index (χ3n) is 6.39. The van der Waals surface area contributed by atoms with Crippen molar-refractivity contribution in [3.8, 4) is 11.8 Å². The first-order valence-corrected chi connectivity index (χ1v) is 8.72. The normalized spacial score (nSPS) is 31.7. The number of hydrogen-bond acceptors (Lipinski definition) is 3. The quantitative estimate of drug-likeness (QED) is 0.839. The zero-order valence-corrected chi connectivity index (χ0v) is 14.1. The van der Waals surface area contributed by atoms with E-state index in [0.717, 1.165) is 17.9 Å². The number of hydrogen-bond donors (Lipinski definition) is 0. The lowest BCUT2D eigenvalue weighted by molar-refractivity contribution is 0.0603. The molecule has 1 saturated carbocycles. The zero-order chi connectivity index (χ0) is 17.0. The third kappa shape index (κ3) is 1.78. The van der Waals surface area contributed by atoms with Crippen molar-refractivity contribution < 1.29 is 9.47 Å². The molecule has 1 unspecified atom stereocenters. The summed E-state index contributed by atoms with van der Waals surface area (Å²) in [5, 5.41) is 9.82. The first-order valence-electron chi connectivity index (χ1n) is 8.72. The molecule has 25 heavy (non-hydrogen) atoms. The lowest BCUT2D eigenvalue weighted by Crippen LogP contribution is -2.60. The van der Waals surface area contributed by atoms with Crippen molar-refractivity contribution >= 4 is 6.08 Å². The molecule has 3 nitrogen and oxygen atoms in total. The van der Waals surface area contributed by atoms with Crippen molar-refractivity contribution in [2.24, 2.45) is 11.8 Å². The van der Waals surface area contributed by atoms with E-state index in [4.69, 9.17) is 9.47 Å². The molecule has 0 radical (unpaired) electrons. The molecule has 0 bridgehead atoms. The van der Waals surface area contributed by atoms with Gasteiger partial charge in [-0.05, 0) is 40.8 Å². The van der Waals surface area contributed by atoms with Crippen molar-refractivity contribution in [2.45, 2.75) is 11.3 Å². The molecule has 3 aliphatic rings. The van der Waals surface area contributed by atoms with Gasteiger partial charge < -0.3 is 9.47 Å². The van der Waals surface area contributed by atoms with E-state index in [1.54, 1.807) is 7.11 Å². The molecule has 0 aromatic heterocycles. The lowest BCUT2D eigenvalue weighted by Gasteiger charge is -2.59. The van der Waals surface area contributed by atoms with Crippen molar-refractivity contribution in [1.29, 1.82) is 5.26 Å². The predicted molar refractivity (Wildman–Crippen MR) is 95.2 cm³/mol. The van der Waals surface area contributed by atoms with E-state index in [-0.39, 0.29) is 11.3 Å². The molecule has 4 atom stereocenters. The summed E-state index contributed by atoms with van der Waals surface area (Å²) in [6.07, 6.45) is 2.08. The van der Waals surface area contributed by atoms with E-state index in [9.17, 15) is 5.26 Å². The van der Waals surface area contributed by atoms with Crippen LogP contribution in [0.1, 0.15) is 22.6 Å². The summed E-state index contributed by atoms with van der Waals surface area (Å²) in [6.45, 7) is 1.48. The molecule has 5 rings (SSSR count). The van der Waals surface area contributed by atoms with Gasteiger partial charge in [0.05, 0.1) is 26.4 Å². The van der Waals surface area contributed by atoms with Crippen LogP contribution in [-0.4, -0.2) is 20.3 Å². The molecule has 1 aliphatic heterocycles. The molecule has 2 fully saturated rings. The Morgan fingerprint density at radius 2 is 1.96 bits per heavy atom. The van der Waals surface area contributed by atoms with E-state index in [0.29, 0.717) is 18.4 Å². The average Bonchev–Trinajstić information content (AvgIpc) is 2.99. The number of methoxy groups -OCH3 is 1. The van der Waals surface area contributed by atoms with Gasteiger partial charge >= 0.3 is 0 Å². The number of rotatable bonds is 2. The summed E-state index contributed by atoms with van der Waals surface area (Å²) in [6, 6.07) is 19.3. The second-order valence-electron chi connectivity index (χ2n) is 7.24. The Bertz CT molecular complexity index is 908. The van der Waals surface area contributed by atoms with Crippen LogP contribution < -0.4 is 4.74 Å². The third-order valence-corrected chi connectivity index (χ3v) is 6.39. The standard InChI is InChI=1S/C22H19NO2/c1-24-17-8-6-14(7-9-17)20-19-12-25-13-22(19)18-5-3-2-4-15(18)10-16(11-23)21(20)22/h2-10,19-21H,12-13H2,1H3/t19-,20-,21?,22+/m0/s1. The second kappa shape index (κ2) is 5.21. The van der Waals surface area contributed by atoms with Gasteiger partial charge in [0.2, 0.25) is 0 Å². The highest BCUT2D eigenvalue weighted by atomic mass is 16.5. The minimum Gasteiger partial charge on any atom is -0.497 e. The molecule has 2 aliphatic carbocycles. The molecule has 1 spiro atoms. The van der Waals surface area contributed by atoms with Crippen LogP contribution >= 0.6 is 0 Å². The van der Waals surface area contributed by atoms with Crippen molar-refractivity contribution in [3.05, 3.63) is 70.8 Å². The summed E-state index contributed by atoms with van der Waals surface area (Å²) in [7, 11) is 1.68. The van der Waals surface area contributed by atoms with Crippen LogP contribution in [0, 0.1) is 23.2 Å². The second-order valence-corrected chi connectivity index (χ2v) is 7.24. The molecule has 2 aromatic carbocycles. The molecule has 1 heterocycles. The number of allylic oxidation sites excluding steroid dienone is 1. The first kappa shape index (κ1) is 14.7. The van der Waals surface area contributed by atoms with Crippen LogP contribution in [0.3, 0.4) is 0 Å². The van der Waals surface area contributed by atoms with Gasteiger partial charge in [-0.2, -0.15) is 5.26 Å². The summed E-state index contributed by atoms with van der Waals surface area (Å²) in [5.74, 6) is 1.81. The van der Waals surface area contributed by atoms with E-state index < -0.39 is 0 Å². The molecule has 2 aromatic rings. The minimum absolute atomic E-state index is 0.0407. The topological polar surface area (TPSA) is 42.2 Å². The van der Waals surface area contributed by atoms with E-state index in [1.807, 2.05) is 18.2 Å². The molecule has 0 amide bonds. The number of fused-ring (bicyclic) bond motifs is 1. The molecule has 0 N–H and O–H groups in total. The van der Waals surface area contributed by atoms with E-state index >= 15 is 0 Å². The Labute approximate surface area is 147 Å². The predicted octanol–water partition coefficient (Wildman–Crippen LogP) is 3.91. The summed E-state index contributed by atoms with van der Waals surface area (Å²) >= 11 is 0. The van der Waals surface area contributed by atoms with Gasteiger partial charge in [0.15, 0.2) is 0 Å². The fraction of sp³-hybridized carbons (Fsp3) is 0.318. The number of nitrogens with zero attached hydrogens (tertiary/aromatic N) is 1. The van der Waals surface area contributed by atoms with Crippen LogP contribution in [0.15, 0.2) is 54.1 Å². The molecular formula is C22H19NO2. The van der Waals surface area contributed by atoms with Crippen molar-refractivity contribution in [2.75, 3.05) is 20.3 Å². The summed E-state index contributed by atoms with van der Waals surface area (Å²) < 4.78 is 11.3. The minimum atomic E-state index is -0.0407. The van der Waals surface area contributed by atoms with Gasteiger partial charge in [-0.25, -0.2) is 0 Å². The Kier molecular flexibility index (Phi) is 3.07. The van der Waals surface area contributed by atoms with Crippen molar-refractivity contribution in [3.63, 3.8) is 0 Å². The van der Waals surface area contributed by atoms with Crippen molar-refractivity contribution in [1.82, 2.24) is 0 Å². The highest BCUT2D eigenvalue weighted by molar-refractivity contribution is 5.70. The molecular weight excluding hydrogens is 310 g/mol. The zero-order valence-electron chi connectivity index (χ0n) is 14.1. The SMILES string of the molecule is COc1ccc([C@@H]2C3C(C#N)=Cc4ccccc4[C@@]34COC[C@@H]24)cc1. The van der Waals surface area contributed by atoms with Gasteiger partial charge in [-0.15, -0.1) is 0 Å². The summed E-state index contributed by atoms with van der Waals surface area (Å²) in [4.78, 5) is 0. The van der Waals surface area contributed by atoms with Gasteiger partial charge in [-0.3, -0.25) is 0 Å². The van der Waals surface area contributed by atoms with Crippen LogP contribution in [0.5, 0.6) is 5.75 Å². The first-order chi connectivity index (χ1) is 12.3. The maximum atomic E-state index is 9.82. The fourth-order valence-corrected chi connectivity index (χ4v) is 5.36. The number of ether oxygens (including phenoxy) is 2. The molecule has 3 heteroatoms. The Hall–Kier alpha value is -2.57. The Morgan fingerprint density at radius 3 is 2.72 bits per heavy atom. The molecule has 124 valence electrons. The summed E-state index contributed by atoms with van der Waals surface area (Å²) in [5.41, 5.74) is 4.66. The smallest absolute Gasteiger partial charge is 0.118 e. The van der Waals surface area contributed by atoms with Gasteiger partial charge in [0.1, 0.15) is 5.75 Å². The maximum Gasteiger partial charge on any atom is 0.118 e. The fourth-order valence-electron chi connectivity index (χ4n) is 5.36. The molecule has 1 saturated heterocycles. The Morgan fingerprint density at radius 1 is 1.16 bits per heavy atom. The number of nitriles is 1. The van der Waals surface area contributed by atoms with E-state index in [1.165, 1.54) is 16.7 Å². The average molecular weight is 329 g/mol. The Balaban J connectivity index is 1.65. The lowest BCUT2D eigenvalue weighted by atomic mass is 9.41.